The molecule has 3 rings (SSSR count). The molecular formula is C17H15F2N5O2. The number of amides is 1. The first-order chi connectivity index (χ1) is 12.6. The van der Waals surface area contributed by atoms with Crippen molar-refractivity contribution in [2.45, 2.75) is 6.42 Å². The van der Waals surface area contributed by atoms with Gasteiger partial charge in [-0.3, -0.25) is 9.18 Å². The Morgan fingerprint density at radius 3 is 2.92 bits per heavy atom. The molecule has 1 amide bonds. The molecule has 3 aromatic rings. The number of pyridine rings is 1. The van der Waals surface area contributed by atoms with E-state index in [1.807, 2.05) is 0 Å². The lowest BCUT2D eigenvalue weighted by atomic mass is 10.2. The summed E-state index contributed by atoms with van der Waals surface area (Å²) >= 11 is 0. The number of hydrogen-bond acceptors (Lipinski definition) is 5. The molecule has 3 aromatic heterocycles. The molecule has 0 saturated heterocycles. The van der Waals surface area contributed by atoms with Crippen LogP contribution < -0.4 is 10.5 Å². The van der Waals surface area contributed by atoms with E-state index in [2.05, 4.69) is 19.9 Å². The Balaban J connectivity index is 1.91. The number of H-pyrrole nitrogens is 1. The number of ether oxygens (including phenoxy) is 1. The highest BCUT2D eigenvalue weighted by Crippen LogP contribution is 2.24. The van der Waals surface area contributed by atoms with E-state index in [0.717, 1.165) is 0 Å². The van der Waals surface area contributed by atoms with Gasteiger partial charge in [0.25, 0.3) is 0 Å². The van der Waals surface area contributed by atoms with Gasteiger partial charge in [0.05, 0.1) is 25.2 Å². The first kappa shape index (κ1) is 17.5. The molecule has 134 valence electrons. The van der Waals surface area contributed by atoms with Crippen LogP contribution in [-0.2, 0) is 4.79 Å². The van der Waals surface area contributed by atoms with E-state index in [9.17, 15) is 13.6 Å². The Morgan fingerprint density at radius 1 is 1.35 bits per heavy atom. The first-order valence-electron chi connectivity index (χ1n) is 7.75. The predicted molar refractivity (Wildman–Crippen MR) is 91.4 cm³/mol. The van der Waals surface area contributed by atoms with Crippen LogP contribution in [0.1, 0.15) is 12.0 Å². The molecule has 0 aliphatic carbocycles. The number of halogens is 2. The van der Waals surface area contributed by atoms with Crippen LogP contribution in [0, 0.1) is 5.82 Å². The summed E-state index contributed by atoms with van der Waals surface area (Å²) in [5.41, 5.74) is 7.53. The number of alkyl halides is 1. The molecule has 0 aliphatic rings. The second-order valence-corrected chi connectivity index (χ2v) is 5.33. The fourth-order valence-electron chi connectivity index (χ4n) is 2.24. The fourth-order valence-corrected chi connectivity index (χ4v) is 2.24. The minimum Gasteiger partial charge on any atom is -0.475 e. The van der Waals surface area contributed by atoms with Gasteiger partial charge in [-0.05, 0) is 12.1 Å². The smallest absolute Gasteiger partial charge is 0.250 e. The summed E-state index contributed by atoms with van der Waals surface area (Å²) < 4.78 is 31.3. The van der Waals surface area contributed by atoms with Gasteiger partial charge in [-0.1, -0.05) is 0 Å². The molecular weight excluding hydrogens is 344 g/mol. The van der Waals surface area contributed by atoms with E-state index in [-0.39, 0.29) is 18.9 Å². The number of carbonyl (C=O) groups is 1. The van der Waals surface area contributed by atoms with Crippen molar-refractivity contribution < 1.29 is 18.3 Å². The number of aromatic amines is 1. The molecule has 0 spiro atoms. The van der Waals surface area contributed by atoms with Crippen LogP contribution in [-0.4, -0.2) is 39.1 Å². The summed E-state index contributed by atoms with van der Waals surface area (Å²) in [6.45, 7) is -0.497. The van der Waals surface area contributed by atoms with E-state index >= 15 is 0 Å². The van der Waals surface area contributed by atoms with E-state index < -0.39 is 18.4 Å². The average Bonchev–Trinajstić information content (AvgIpc) is 3.03. The lowest BCUT2D eigenvalue weighted by Crippen LogP contribution is -2.05. The van der Waals surface area contributed by atoms with Crippen LogP contribution >= 0.6 is 0 Å². The molecule has 0 bridgehead atoms. The molecule has 3 N–H and O–H groups in total. The van der Waals surface area contributed by atoms with Crippen LogP contribution in [0.4, 0.5) is 8.78 Å². The topological polar surface area (TPSA) is 107 Å². The summed E-state index contributed by atoms with van der Waals surface area (Å²) in [5, 5.41) is 0. The molecule has 9 heteroatoms. The third-order valence-electron chi connectivity index (χ3n) is 3.46. The third-order valence-corrected chi connectivity index (χ3v) is 3.46. The van der Waals surface area contributed by atoms with Gasteiger partial charge < -0.3 is 15.5 Å². The van der Waals surface area contributed by atoms with Gasteiger partial charge in [0.2, 0.25) is 11.8 Å². The molecule has 0 saturated carbocycles. The van der Waals surface area contributed by atoms with Gasteiger partial charge in [-0.15, -0.1) is 0 Å². The number of nitrogens with one attached hydrogen (secondary N) is 1. The Kier molecular flexibility index (Phi) is 5.16. The molecule has 3 heterocycles. The predicted octanol–water partition coefficient (Wildman–Crippen LogP) is 2.40. The number of aromatic nitrogens is 4. The maximum absolute atomic E-state index is 14.1. The van der Waals surface area contributed by atoms with Crippen molar-refractivity contribution in [3.63, 3.8) is 0 Å². The minimum atomic E-state index is -0.675. The van der Waals surface area contributed by atoms with E-state index in [4.69, 9.17) is 10.5 Å². The molecule has 0 aliphatic heterocycles. The first-order valence-corrected chi connectivity index (χ1v) is 7.75. The highest BCUT2D eigenvalue weighted by atomic mass is 19.1. The minimum absolute atomic E-state index is 0.0461. The van der Waals surface area contributed by atoms with Gasteiger partial charge in [0.1, 0.15) is 5.52 Å². The highest BCUT2D eigenvalue weighted by molar-refractivity contribution is 5.93. The average molecular weight is 359 g/mol. The zero-order chi connectivity index (χ0) is 18.5. The van der Waals surface area contributed by atoms with Crippen LogP contribution in [0.3, 0.4) is 0 Å². The zero-order valence-corrected chi connectivity index (χ0v) is 13.6. The van der Waals surface area contributed by atoms with Gasteiger partial charge in [0.15, 0.2) is 11.5 Å². The number of fused-ring (bicyclic) bond motifs is 1. The van der Waals surface area contributed by atoms with Crippen LogP contribution in [0.5, 0.6) is 5.88 Å². The summed E-state index contributed by atoms with van der Waals surface area (Å²) in [4.78, 5) is 26.4. The SMILES string of the molecule is NC(=O)/C=C/c1c[nH]c2ncc(-c3cnc(OCCCF)c(F)c3)nc12. The highest BCUT2D eigenvalue weighted by Gasteiger charge is 2.11. The van der Waals surface area contributed by atoms with E-state index in [1.165, 1.54) is 30.6 Å². The van der Waals surface area contributed by atoms with Gasteiger partial charge in [0, 0.05) is 36.0 Å². The number of rotatable bonds is 7. The van der Waals surface area contributed by atoms with Gasteiger partial charge in [-0.25, -0.2) is 19.3 Å². The maximum atomic E-state index is 14.1. The largest absolute Gasteiger partial charge is 0.475 e. The summed E-state index contributed by atoms with van der Waals surface area (Å²) in [6, 6.07) is 1.22. The molecule has 0 unspecified atom stereocenters. The van der Waals surface area contributed by atoms with Crippen LogP contribution in [0.2, 0.25) is 0 Å². The van der Waals surface area contributed by atoms with Crippen LogP contribution in [0.25, 0.3) is 28.5 Å². The molecule has 0 aromatic carbocycles. The molecule has 0 radical (unpaired) electrons. The number of nitrogens with zero attached hydrogens (tertiary/aromatic N) is 3. The Hall–Kier alpha value is -3.36. The zero-order valence-electron chi connectivity index (χ0n) is 13.6. The number of carbonyl (C=O) groups excluding carboxylic acids is 1. The third kappa shape index (κ3) is 3.82. The van der Waals surface area contributed by atoms with Crippen molar-refractivity contribution in [2.24, 2.45) is 5.73 Å². The standard InChI is InChI=1S/C17H15F2N5O2/c18-4-1-5-26-17-12(19)6-11(8-23-17)13-9-22-16-15(24-13)10(7-21-16)2-3-14(20)25/h2-3,6-9H,1,4-5H2,(H2,20,25)(H,21,22)/b3-2+. The molecule has 0 atom stereocenters. The molecule has 0 fully saturated rings. The van der Waals surface area contributed by atoms with Crippen molar-refractivity contribution in [1.29, 1.82) is 0 Å². The van der Waals surface area contributed by atoms with Crippen molar-refractivity contribution in [2.75, 3.05) is 13.3 Å². The number of nitrogens with two attached hydrogens (primary N) is 1. The normalized spacial score (nSPS) is 11.3. The Bertz CT molecular complexity index is 971. The summed E-state index contributed by atoms with van der Waals surface area (Å²) in [7, 11) is 0. The second kappa shape index (κ2) is 7.68. The fraction of sp³-hybridized carbons (Fsp3) is 0.176. The monoisotopic (exact) mass is 359 g/mol. The summed E-state index contributed by atoms with van der Waals surface area (Å²) in [6.07, 6.45) is 7.40. The molecule has 7 nitrogen and oxygen atoms in total. The lowest BCUT2D eigenvalue weighted by Gasteiger charge is -2.06. The molecule has 26 heavy (non-hydrogen) atoms. The van der Waals surface area contributed by atoms with Crippen molar-refractivity contribution in [3.8, 4) is 17.1 Å². The van der Waals surface area contributed by atoms with E-state index in [0.29, 0.717) is 28.0 Å². The Labute approximate surface area is 146 Å². The number of primary amides is 1. The van der Waals surface area contributed by atoms with Crippen molar-refractivity contribution in [3.05, 3.63) is 42.1 Å². The summed E-state index contributed by atoms with van der Waals surface area (Å²) in [5.74, 6) is -1.45. The van der Waals surface area contributed by atoms with E-state index in [1.54, 1.807) is 6.20 Å². The maximum Gasteiger partial charge on any atom is 0.250 e. The van der Waals surface area contributed by atoms with Crippen molar-refractivity contribution >= 4 is 23.1 Å². The van der Waals surface area contributed by atoms with Crippen LogP contribution in [0.15, 0.2) is 30.7 Å². The van der Waals surface area contributed by atoms with Gasteiger partial charge >= 0.3 is 0 Å². The number of hydrogen-bond donors (Lipinski definition) is 2. The second-order valence-electron chi connectivity index (χ2n) is 5.33. The lowest BCUT2D eigenvalue weighted by molar-refractivity contribution is -0.113. The van der Waals surface area contributed by atoms with Gasteiger partial charge in [-0.2, -0.15) is 0 Å². The van der Waals surface area contributed by atoms with Crippen molar-refractivity contribution in [1.82, 2.24) is 19.9 Å². The quantitative estimate of drug-likeness (QED) is 0.498. The Morgan fingerprint density at radius 2 is 2.19 bits per heavy atom.